The molecule has 0 saturated carbocycles. The van der Waals surface area contributed by atoms with E-state index in [0.717, 1.165) is 11.3 Å². The van der Waals surface area contributed by atoms with Crippen LogP contribution in [0.1, 0.15) is 24.9 Å². The van der Waals surface area contributed by atoms with E-state index in [9.17, 15) is 0 Å². The first-order valence-electron chi connectivity index (χ1n) is 5.12. The van der Waals surface area contributed by atoms with Crippen LogP contribution in [0.5, 0.6) is 5.75 Å². The Bertz CT molecular complexity index is 341. The van der Waals surface area contributed by atoms with E-state index in [0.29, 0.717) is 13.0 Å². The SMILES string of the molecule is C#CCCOc1ccccc1C(C)NC. The first kappa shape index (κ1) is 11.6. The van der Waals surface area contributed by atoms with E-state index in [2.05, 4.69) is 24.2 Å². The van der Waals surface area contributed by atoms with Gasteiger partial charge in [-0.2, -0.15) is 0 Å². The Kier molecular flexibility index (Phi) is 4.73. The van der Waals surface area contributed by atoms with Crippen LogP contribution in [0, 0.1) is 12.3 Å². The van der Waals surface area contributed by atoms with Crippen molar-refractivity contribution in [1.82, 2.24) is 5.32 Å². The first-order chi connectivity index (χ1) is 7.29. The molecule has 1 rings (SSSR count). The molecule has 80 valence electrons. The number of benzene rings is 1. The Hall–Kier alpha value is -1.46. The van der Waals surface area contributed by atoms with Crippen molar-refractivity contribution in [3.8, 4) is 18.1 Å². The summed E-state index contributed by atoms with van der Waals surface area (Å²) in [7, 11) is 1.93. The number of para-hydroxylation sites is 1. The summed E-state index contributed by atoms with van der Waals surface area (Å²) in [6, 6.07) is 8.30. The molecule has 0 aliphatic carbocycles. The minimum Gasteiger partial charge on any atom is -0.492 e. The third kappa shape index (κ3) is 3.30. The highest BCUT2D eigenvalue weighted by molar-refractivity contribution is 5.35. The third-order valence-electron chi connectivity index (χ3n) is 2.32. The fourth-order valence-electron chi connectivity index (χ4n) is 1.35. The summed E-state index contributed by atoms with van der Waals surface area (Å²) in [6.07, 6.45) is 5.82. The third-order valence-corrected chi connectivity index (χ3v) is 2.32. The van der Waals surface area contributed by atoms with Crippen molar-refractivity contribution in [1.29, 1.82) is 0 Å². The molecule has 0 aliphatic heterocycles. The molecule has 0 saturated heterocycles. The molecular formula is C13H17NO. The largest absolute Gasteiger partial charge is 0.492 e. The minimum atomic E-state index is 0.284. The second-order valence-electron chi connectivity index (χ2n) is 3.35. The van der Waals surface area contributed by atoms with E-state index in [1.165, 1.54) is 0 Å². The van der Waals surface area contributed by atoms with Crippen molar-refractivity contribution >= 4 is 0 Å². The van der Waals surface area contributed by atoms with Crippen LogP contribution in [0.25, 0.3) is 0 Å². The standard InChI is InChI=1S/C13H17NO/c1-4-5-10-15-13-9-7-6-8-12(13)11(2)14-3/h1,6-9,11,14H,5,10H2,2-3H3. The molecule has 1 aromatic carbocycles. The number of rotatable bonds is 5. The highest BCUT2D eigenvalue weighted by atomic mass is 16.5. The lowest BCUT2D eigenvalue weighted by atomic mass is 10.1. The number of hydrogen-bond acceptors (Lipinski definition) is 2. The first-order valence-corrected chi connectivity index (χ1v) is 5.12. The van der Waals surface area contributed by atoms with Gasteiger partial charge >= 0.3 is 0 Å². The van der Waals surface area contributed by atoms with Gasteiger partial charge in [0.1, 0.15) is 5.75 Å². The van der Waals surface area contributed by atoms with Crippen LogP contribution in [0.3, 0.4) is 0 Å². The average molecular weight is 203 g/mol. The molecule has 0 spiro atoms. The highest BCUT2D eigenvalue weighted by Gasteiger charge is 2.08. The van der Waals surface area contributed by atoms with Crippen molar-refractivity contribution in [2.45, 2.75) is 19.4 Å². The second-order valence-corrected chi connectivity index (χ2v) is 3.35. The molecule has 0 amide bonds. The predicted molar refractivity (Wildman–Crippen MR) is 62.9 cm³/mol. The molecule has 1 N–H and O–H groups in total. The zero-order valence-electron chi connectivity index (χ0n) is 9.29. The Balaban J connectivity index is 2.73. The van der Waals surface area contributed by atoms with Gasteiger partial charge in [0.05, 0.1) is 6.61 Å². The Morgan fingerprint density at radius 1 is 1.47 bits per heavy atom. The van der Waals surface area contributed by atoms with E-state index in [1.807, 2.05) is 25.2 Å². The summed E-state index contributed by atoms with van der Waals surface area (Å²) in [5.41, 5.74) is 1.16. The van der Waals surface area contributed by atoms with Gasteiger partial charge < -0.3 is 10.1 Å². The summed E-state index contributed by atoms with van der Waals surface area (Å²) >= 11 is 0. The maximum Gasteiger partial charge on any atom is 0.124 e. The molecule has 0 heterocycles. The average Bonchev–Trinajstić information content (AvgIpc) is 2.29. The summed E-state index contributed by atoms with van der Waals surface area (Å²) < 4.78 is 5.62. The molecule has 1 unspecified atom stereocenters. The Morgan fingerprint density at radius 2 is 2.20 bits per heavy atom. The summed E-state index contributed by atoms with van der Waals surface area (Å²) in [6.45, 7) is 2.67. The summed E-state index contributed by atoms with van der Waals surface area (Å²) in [4.78, 5) is 0. The molecule has 2 nitrogen and oxygen atoms in total. The van der Waals surface area contributed by atoms with Gasteiger partial charge in [-0.3, -0.25) is 0 Å². The maximum absolute atomic E-state index is 5.62. The van der Waals surface area contributed by atoms with E-state index in [-0.39, 0.29) is 6.04 Å². The van der Waals surface area contributed by atoms with Gasteiger partial charge in [-0.25, -0.2) is 0 Å². The van der Waals surface area contributed by atoms with Crippen LogP contribution in [-0.2, 0) is 0 Å². The smallest absolute Gasteiger partial charge is 0.124 e. The molecule has 1 aromatic rings. The lowest BCUT2D eigenvalue weighted by molar-refractivity contribution is 0.321. The van der Waals surface area contributed by atoms with E-state index < -0.39 is 0 Å². The monoisotopic (exact) mass is 203 g/mol. The van der Waals surface area contributed by atoms with Crippen LogP contribution in [0.4, 0.5) is 0 Å². The van der Waals surface area contributed by atoms with Gasteiger partial charge in [0.25, 0.3) is 0 Å². The molecule has 1 atom stereocenters. The number of ether oxygens (including phenoxy) is 1. The van der Waals surface area contributed by atoms with Crippen LogP contribution < -0.4 is 10.1 Å². The van der Waals surface area contributed by atoms with Gasteiger partial charge in [0.15, 0.2) is 0 Å². The van der Waals surface area contributed by atoms with Crippen molar-refractivity contribution in [3.63, 3.8) is 0 Å². The number of terminal acetylenes is 1. The minimum absolute atomic E-state index is 0.284. The van der Waals surface area contributed by atoms with E-state index >= 15 is 0 Å². The van der Waals surface area contributed by atoms with E-state index in [4.69, 9.17) is 11.2 Å². The molecule has 0 radical (unpaired) electrons. The van der Waals surface area contributed by atoms with Gasteiger partial charge in [-0.05, 0) is 20.0 Å². The molecule has 0 bridgehead atoms. The fraction of sp³-hybridized carbons (Fsp3) is 0.385. The number of nitrogens with one attached hydrogen (secondary N) is 1. The van der Waals surface area contributed by atoms with Gasteiger partial charge in [0, 0.05) is 18.0 Å². The van der Waals surface area contributed by atoms with Gasteiger partial charge in [0.2, 0.25) is 0 Å². The van der Waals surface area contributed by atoms with Crippen LogP contribution in [0.2, 0.25) is 0 Å². The lowest BCUT2D eigenvalue weighted by Crippen LogP contribution is -2.13. The van der Waals surface area contributed by atoms with Gasteiger partial charge in [-0.15, -0.1) is 12.3 Å². The topological polar surface area (TPSA) is 21.3 Å². The number of hydrogen-bond donors (Lipinski definition) is 1. The predicted octanol–water partition coefficient (Wildman–Crippen LogP) is 2.37. The van der Waals surface area contributed by atoms with Crippen LogP contribution >= 0.6 is 0 Å². The molecule has 2 heteroatoms. The molecule has 15 heavy (non-hydrogen) atoms. The van der Waals surface area contributed by atoms with Crippen LogP contribution in [-0.4, -0.2) is 13.7 Å². The van der Waals surface area contributed by atoms with Gasteiger partial charge in [-0.1, -0.05) is 18.2 Å². The van der Waals surface area contributed by atoms with Crippen molar-refractivity contribution in [2.24, 2.45) is 0 Å². The molecule has 0 fully saturated rings. The summed E-state index contributed by atoms with van der Waals surface area (Å²) in [5, 5.41) is 3.19. The van der Waals surface area contributed by atoms with Crippen molar-refractivity contribution < 1.29 is 4.74 Å². The molecule has 0 aromatic heterocycles. The maximum atomic E-state index is 5.62. The Morgan fingerprint density at radius 3 is 2.87 bits per heavy atom. The fourth-order valence-corrected chi connectivity index (χ4v) is 1.35. The zero-order chi connectivity index (χ0) is 11.1. The summed E-state index contributed by atoms with van der Waals surface area (Å²) in [5.74, 6) is 3.47. The molecular weight excluding hydrogens is 186 g/mol. The van der Waals surface area contributed by atoms with Crippen molar-refractivity contribution in [3.05, 3.63) is 29.8 Å². The van der Waals surface area contributed by atoms with Crippen molar-refractivity contribution in [2.75, 3.05) is 13.7 Å². The lowest BCUT2D eigenvalue weighted by Gasteiger charge is -2.15. The highest BCUT2D eigenvalue weighted by Crippen LogP contribution is 2.24. The normalized spacial score (nSPS) is 11.8. The second kappa shape index (κ2) is 6.10. The Labute approximate surface area is 91.6 Å². The van der Waals surface area contributed by atoms with E-state index in [1.54, 1.807) is 0 Å². The van der Waals surface area contributed by atoms with Crippen LogP contribution in [0.15, 0.2) is 24.3 Å². The molecule has 0 aliphatic rings. The quantitative estimate of drug-likeness (QED) is 0.586. The zero-order valence-corrected chi connectivity index (χ0v) is 9.29.